The van der Waals surface area contributed by atoms with Gasteiger partial charge in [0.2, 0.25) is 0 Å². The highest BCUT2D eigenvalue weighted by Crippen LogP contribution is 2.38. The number of thiazole rings is 1. The van der Waals surface area contributed by atoms with E-state index in [-0.39, 0.29) is 24.4 Å². The van der Waals surface area contributed by atoms with Crippen LogP contribution in [-0.2, 0) is 6.61 Å². The number of aromatic nitrogens is 1. The fourth-order valence-electron chi connectivity index (χ4n) is 4.04. The molecule has 1 aromatic heterocycles. The van der Waals surface area contributed by atoms with E-state index in [1.807, 2.05) is 10.3 Å². The molecule has 1 aromatic carbocycles. The van der Waals surface area contributed by atoms with Crippen molar-refractivity contribution in [3.8, 4) is 11.5 Å². The van der Waals surface area contributed by atoms with Gasteiger partial charge < -0.3 is 20.1 Å². The Hall–Kier alpha value is -1.83. The Kier molecular flexibility index (Phi) is 6.24. The molecule has 1 aliphatic heterocycles. The topological polar surface area (TPSA) is 77.7 Å². The van der Waals surface area contributed by atoms with Crippen molar-refractivity contribution in [1.29, 1.82) is 0 Å². The van der Waals surface area contributed by atoms with Gasteiger partial charge in [-0.15, -0.1) is 23.7 Å². The normalized spacial score (nSPS) is 23.6. The quantitative estimate of drug-likeness (QED) is 0.821. The number of nitrogens with zero attached hydrogens (tertiary/aromatic N) is 2. The number of ether oxygens (including phenoxy) is 2. The van der Waals surface area contributed by atoms with Gasteiger partial charge in [-0.05, 0) is 42.9 Å². The van der Waals surface area contributed by atoms with E-state index in [0.717, 1.165) is 31.6 Å². The van der Waals surface area contributed by atoms with Crippen LogP contribution in [0, 0.1) is 11.8 Å². The van der Waals surface area contributed by atoms with E-state index in [4.69, 9.17) is 15.2 Å². The molecular weight excluding hydrogens is 386 g/mol. The average molecular weight is 410 g/mol. The number of benzene rings is 1. The summed E-state index contributed by atoms with van der Waals surface area (Å²) in [4.78, 5) is 19.0. The Labute approximate surface area is 169 Å². The van der Waals surface area contributed by atoms with Gasteiger partial charge in [-0.3, -0.25) is 4.79 Å². The molecule has 4 rings (SSSR count). The number of amides is 1. The zero-order valence-corrected chi connectivity index (χ0v) is 16.8. The van der Waals surface area contributed by atoms with Gasteiger partial charge in [-0.25, -0.2) is 4.98 Å². The molecule has 0 bridgehead atoms. The Morgan fingerprint density at radius 3 is 2.89 bits per heavy atom. The van der Waals surface area contributed by atoms with Crippen LogP contribution in [0.25, 0.3) is 0 Å². The van der Waals surface area contributed by atoms with Crippen LogP contribution in [0.3, 0.4) is 0 Å². The second-order valence-corrected chi connectivity index (χ2v) is 7.73. The fraction of sp³-hybridized carbons (Fsp3) is 0.474. The summed E-state index contributed by atoms with van der Waals surface area (Å²) >= 11 is 1.53. The minimum atomic E-state index is 0. The molecule has 1 saturated heterocycles. The Morgan fingerprint density at radius 1 is 1.33 bits per heavy atom. The van der Waals surface area contributed by atoms with E-state index in [1.54, 1.807) is 30.8 Å². The number of fused-ring (bicyclic) bond motifs is 1. The smallest absolute Gasteiger partial charge is 0.254 e. The minimum absolute atomic E-state index is 0. The van der Waals surface area contributed by atoms with Gasteiger partial charge in [-0.2, -0.15) is 0 Å². The zero-order valence-electron chi connectivity index (χ0n) is 15.2. The maximum absolute atomic E-state index is 12.9. The zero-order chi connectivity index (χ0) is 18.1. The van der Waals surface area contributed by atoms with Crippen LogP contribution in [0.2, 0.25) is 0 Å². The minimum Gasteiger partial charge on any atom is -0.493 e. The molecule has 2 fully saturated rings. The highest BCUT2D eigenvalue weighted by Gasteiger charge is 2.42. The van der Waals surface area contributed by atoms with Crippen LogP contribution in [0.1, 0.15) is 28.9 Å². The molecule has 1 aliphatic carbocycles. The van der Waals surface area contributed by atoms with E-state index in [1.165, 1.54) is 11.3 Å². The SMILES string of the molecule is COc1cc(C(=O)N2CC3CCC(N)C3C2)ccc1OCc1cscn1.Cl. The summed E-state index contributed by atoms with van der Waals surface area (Å²) in [6, 6.07) is 5.58. The summed E-state index contributed by atoms with van der Waals surface area (Å²) in [7, 11) is 1.58. The lowest BCUT2D eigenvalue weighted by Crippen LogP contribution is -2.33. The lowest BCUT2D eigenvalue weighted by molar-refractivity contribution is 0.0779. The first kappa shape index (κ1) is 19.9. The number of hydrogen-bond acceptors (Lipinski definition) is 6. The van der Waals surface area contributed by atoms with Crippen LogP contribution in [0.5, 0.6) is 11.5 Å². The van der Waals surface area contributed by atoms with Crippen molar-refractivity contribution in [3.05, 3.63) is 40.3 Å². The summed E-state index contributed by atoms with van der Waals surface area (Å²) in [5, 5.41) is 1.94. The van der Waals surface area contributed by atoms with Crippen molar-refractivity contribution in [1.82, 2.24) is 9.88 Å². The van der Waals surface area contributed by atoms with Gasteiger partial charge in [0.25, 0.3) is 5.91 Å². The van der Waals surface area contributed by atoms with E-state index >= 15 is 0 Å². The molecule has 1 amide bonds. The van der Waals surface area contributed by atoms with Crippen LogP contribution in [0.15, 0.2) is 29.1 Å². The lowest BCUT2D eigenvalue weighted by Gasteiger charge is -2.19. The van der Waals surface area contributed by atoms with Crippen molar-refractivity contribution in [2.45, 2.75) is 25.5 Å². The van der Waals surface area contributed by atoms with Gasteiger partial charge in [0.15, 0.2) is 11.5 Å². The largest absolute Gasteiger partial charge is 0.493 e. The van der Waals surface area contributed by atoms with Crippen molar-refractivity contribution in [2.24, 2.45) is 17.6 Å². The second-order valence-electron chi connectivity index (χ2n) is 7.01. The molecule has 27 heavy (non-hydrogen) atoms. The molecule has 1 saturated carbocycles. The molecule has 0 radical (unpaired) electrons. The molecule has 146 valence electrons. The molecule has 0 spiro atoms. The molecule has 2 N–H and O–H groups in total. The lowest BCUT2D eigenvalue weighted by atomic mass is 9.98. The van der Waals surface area contributed by atoms with E-state index in [2.05, 4.69) is 4.98 Å². The third-order valence-corrected chi connectivity index (χ3v) is 6.10. The van der Waals surface area contributed by atoms with E-state index in [9.17, 15) is 4.79 Å². The standard InChI is InChI=1S/C19H23N3O3S.ClH/c1-24-18-6-12(3-5-17(18)25-9-14-10-26-11-21-14)19(23)22-7-13-2-4-16(20)15(13)8-22;/h3,5-6,10-11,13,15-16H,2,4,7-9,20H2,1H3;1H. The number of methoxy groups -OCH3 is 1. The Morgan fingerprint density at radius 2 is 2.19 bits per heavy atom. The van der Waals surface area contributed by atoms with Crippen LogP contribution in [-0.4, -0.2) is 42.0 Å². The average Bonchev–Trinajstić information content (AvgIpc) is 3.38. The van der Waals surface area contributed by atoms with Crippen LogP contribution >= 0.6 is 23.7 Å². The van der Waals surface area contributed by atoms with Gasteiger partial charge >= 0.3 is 0 Å². The third-order valence-electron chi connectivity index (χ3n) is 5.47. The first-order valence-electron chi connectivity index (χ1n) is 8.88. The number of carbonyl (C=O) groups is 1. The van der Waals surface area contributed by atoms with Crippen molar-refractivity contribution < 1.29 is 14.3 Å². The number of carbonyl (C=O) groups excluding carboxylic acids is 1. The second kappa shape index (κ2) is 8.46. The molecule has 3 unspecified atom stereocenters. The third kappa shape index (κ3) is 4.05. The highest BCUT2D eigenvalue weighted by atomic mass is 35.5. The molecule has 6 nitrogen and oxygen atoms in total. The van der Waals surface area contributed by atoms with Crippen molar-refractivity contribution in [3.63, 3.8) is 0 Å². The molecule has 2 aliphatic rings. The maximum Gasteiger partial charge on any atom is 0.254 e. The first-order valence-corrected chi connectivity index (χ1v) is 9.82. The van der Waals surface area contributed by atoms with Gasteiger partial charge in [-0.1, -0.05) is 0 Å². The molecule has 2 heterocycles. The Bertz CT molecular complexity index is 787. The summed E-state index contributed by atoms with van der Waals surface area (Å²) < 4.78 is 11.2. The van der Waals surface area contributed by atoms with Gasteiger partial charge in [0.1, 0.15) is 6.61 Å². The van der Waals surface area contributed by atoms with Gasteiger partial charge in [0, 0.05) is 30.1 Å². The number of halogens is 1. The maximum atomic E-state index is 12.9. The monoisotopic (exact) mass is 409 g/mol. The summed E-state index contributed by atoms with van der Waals surface area (Å²) in [5.74, 6) is 2.20. The van der Waals surface area contributed by atoms with E-state index in [0.29, 0.717) is 35.5 Å². The molecule has 8 heteroatoms. The number of rotatable bonds is 5. The first-order chi connectivity index (χ1) is 12.7. The number of likely N-dealkylation sites (tertiary alicyclic amines) is 1. The highest BCUT2D eigenvalue weighted by molar-refractivity contribution is 7.07. The van der Waals surface area contributed by atoms with Crippen LogP contribution < -0.4 is 15.2 Å². The molecule has 3 atom stereocenters. The fourth-order valence-corrected chi connectivity index (χ4v) is 4.58. The van der Waals surface area contributed by atoms with Crippen LogP contribution in [0.4, 0.5) is 0 Å². The summed E-state index contributed by atoms with van der Waals surface area (Å²) in [6.07, 6.45) is 2.21. The predicted octanol–water partition coefficient (Wildman–Crippen LogP) is 2.96. The number of nitrogens with two attached hydrogens (primary N) is 1. The van der Waals surface area contributed by atoms with Crippen molar-refractivity contribution in [2.75, 3.05) is 20.2 Å². The van der Waals surface area contributed by atoms with Gasteiger partial charge in [0.05, 0.1) is 18.3 Å². The molecule has 2 aromatic rings. The molecular formula is C19H24ClN3O3S. The summed E-state index contributed by atoms with van der Waals surface area (Å²) in [6.45, 7) is 1.94. The Balaban J connectivity index is 0.00000210. The summed E-state index contributed by atoms with van der Waals surface area (Å²) in [5.41, 5.74) is 9.45. The number of hydrogen-bond donors (Lipinski definition) is 1. The predicted molar refractivity (Wildman–Crippen MR) is 107 cm³/mol. The van der Waals surface area contributed by atoms with Crippen molar-refractivity contribution >= 4 is 29.7 Å². The van der Waals surface area contributed by atoms with E-state index < -0.39 is 0 Å².